The van der Waals surface area contributed by atoms with Crippen molar-refractivity contribution in [3.63, 3.8) is 0 Å². The van der Waals surface area contributed by atoms with Gasteiger partial charge in [-0.2, -0.15) is 0 Å². The van der Waals surface area contributed by atoms with Crippen LogP contribution in [0.1, 0.15) is 30.0 Å². The van der Waals surface area contributed by atoms with Crippen LogP contribution in [0.4, 0.5) is 0 Å². The molecule has 1 aliphatic rings. The average Bonchev–Trinajstić information content (AvgIpc) is 2.62. The molecular formula is C12H15Cl2NO. The smallest absolute Gasteiger partial charge is 0.0456 e. The molecule has 0 bridgehead atoms. The Morgan fingerprint density at radius 3 is 2.94 bits per heavy atom. The molecule has 0 radical (unpaired) electrons. The number of aliphatic hydroxyl groups excluding tert-OH is 1. The Labute approximate surface area is 106 Å². The quantitative estimate of drug-likeness (QED) is 0.816. The molecule has 1 aromatic rings. The van der Waals surface area contributed by atoms with E-state index in [4.69, 9.17) is 28.3 Å². The number of nitrogens with one attached hydrogen (secondary N) is 1. The number of aliphatic hydroxyl groups is 1. The molecule has 0 heterocycles. The minimum atomic E-state index is 0.225. The van der Waals surface area contributed by atoms with Crippen LogP contribution in [-0.2, 0) is 6.42 Å². The van der Waals surface area contributed by atoms with Crippen molar-refractivity contribution in [2.75, 3.05) is 13.2 Å². The summed E-state index contributed by atoms with van der Waals surface area (Å²) in [6.07, 6.45) is 2.84. The van der Waals surface area contributed by atoms with Crippen LogP contribution in [0.15, 0.2) is 12.1 Å². The van der Waals surface area contributed by atoms with E-state index in [1.807, 2.05) is 6.07 Å². The van der Waals surface area contributed by atoms with E-state index >= 15 is 0 Å². The molecule has 4 heteroatoms. The molecule has 0 fully saturated rings. The zero-order valence-corrected chi connectivity index (χ0v) is 10.5. The molecule has 16 heavy (non-hydrogen) atoms. The van der Waals surface area contributed by atoms with Crippen molar-refractivity contribution >= 4 is 23.2 Å². The van der Waals surface area contributed by atoms with E-state index in [2.05, 4.69) is 5.32 Å². The van der Waals surface area contributed by atoms with Crippen LogP contribution in [0.3, 0.4) is 0 Å². The first kappa shape index (κ1) is 12.2. The number of fused-ring (bicyclic) bond motifs is 1. The van der Waals surface area contributed by atoms with Gasteiger partial charge in [0.25, 0.3) is 0 Å². The first-order chi connectivity index (χ1) is 7.72. The fourth-order valence-electron chi connectivity index (χ4n) is 2.21. The Morgan fingerprint density at radius 1 is 1.38 bits per heavy atom. The Hall–Kier alpha value is -0.280. The van der Waals surface area contributed by atoms with Crippen molar-refractivity contribution in [2.24, 2.45) is 0 Å². The normalized spacial score (nSPS) is 18.8. The molecule has 0 saturated carbocycles. The average molecular weight is 260 g/mol. The lowest BCUT2D eigenvalue weighted by atomic mass is 10.1. The summed E-state index contributed by atoms with van der Waals surface area (Å²) in [4.78, 5) is 0. The zero-order valence-electron chi connectivity index (χ0n) is 8.97. The lowest BCUT2D eigenvalue weighted by molar-refractivity contribution is 0.283. The summed E-state index contributed by atoms with van der Waals surface area (Å²) >= 11 is 12.2. The largest absolute Gasteiger partial charge is 0.396 e. The fraction of sp³-hybridized carbons (Fsp3) is 0.500. The summed E-state index contributed by atoms with van der Waals surface area (Å²) < 4.78 is 0. The summed E-state index contributed by atoms with van der Waals surface area (Å²) in [5, 5.41) is 13.6. The molecule has 1 unspecified atom stereocenters. The van der Waals surface area contributed by atoms with Gasteiger partial charge in [-0.15, -0.1) is 0 Å². The molecular weight excluding hydrogens is 245 g/mol. The lowest BCUT2D eigenvalue weighted by Gasteiger charge is -2.14. The van der Waals surface area contributed by atoms with Crippen LogP contribution < -0.4 is 5.32 Å². The minimum absolute atomic E-state index is 0.225. The highest BCUT2D eigenvalue weighted by atomic mass is 35.5. The van der Waals surface area contributed by atoms with E-state index in [1.165, 1.54) is 11.1 Å². The van der Waals surface area contributed by atoms with Crippen LogP contribution in [0.5, 0.6) is 0 Å². The first-order valence-electron chi connectivity index (χ1n) is 5.54. The van der Waals surface area contributed by atoms with Gasteiger partial charge in [-0.25, -0.2) is 0 Å². The lowest BCUT2D eigenvalue weighted by Crippen LogP contribution is -2.21. The number of halogens is 2. The van der Waals surface area contributed by atoms with Gasteiger partial charge in [-0.05, 0) is 49.1 Å². The molecule has 1 atom stereocenters. The molecule has 2 rings (SSSR count). The Morgan fingerprint density at radius 2 is 2.19 bits per heavy atom. The van der Waals surface area contributed by atoms with E-state index in [0.29, 0.717) is 11.1 Å². The molecule has 0 aromatic heterocycles. The first-order valence-corrected chi connectivity index (χ1v) is 6.30. The third-order valence-electron chi connectivity index (χ3n) is 2.98. The van der Waals surface area contributed by atoms with E-state index in [9.17, 15) is 0 Å². The predicted octanol–water partition coefficient (Wildman–Crippen LogP) is 2.95. The molecule has 0 amide bonds. The third kappa shape index (κ3) is 2.51. The molecule has 1 aromatic carbocycles. The van der Waals surface area contributed by atoms with Crippen molar-refractivity contribution in [3.8, 4) is 0 Å². The summed E-state index contributed by atoms with van der Waals surface area (Å²) in [5.41, 5.74) is 2.43. The summed E-state index contributed by atoms with van der Waals surface area (Å²) in [6, 6.07) is 4.13. The fourth-order valence-corrected chi connectivity index (χ4v) is 2.81. The maximum Gasteiger partial charge on any atom is 0.0456 e. The van der Waals surface area contributed by atoms with E-state index in [-0.39, 0.29) is 6.61 Å². The van der Waals surface area contributed by atoms with E-state index in [0.717, 1.165) is 30.8 Å². The Bertz CT molecular complexity index is 382. The van der Waals surface area contributed by atoms with E-state index < -0.39 is 0 Å². The van der Waals surface area contributed by atoms with Gasteiger partial charge in [0, 0.05) is 22.7 Å². The highest BCUT2D eigenvalue weighted by Crippen LogP contribution is 2.37. The van der Waals surface area contributed by atoms with Crippen LogP contribution in [0.2, 0.25) is 10.0 Å². The molecule has 1 aliphatic carbocycles. The number of hydrogen-bond donors (Lipinski definition) is 2. The maximum absolute atomic E-state index is 8.74. The summed E-state index contributed by atoms with van der Waals surface area (Å²) in [7, 11) is 0. The highest BCUT2D eigenvalue weighted by Gasteiger charge is 2.24. The van der Waals surface area contributed by atoms with E-state index in [1.54, 1.807) is 6.07 Å². The Kier molecular flexibility index (Phi) is 4.09. The predicted molar refractivity (Wildman–Crippen MR) is 67.2 cm³/mol. The second-order valence-electron chi connectivity index (χ2n) is 4.08. The highest BCUT2D eigenvalue weighted by molar-refractivity contribution is 6.35. The molecule has 2 nitrogen and oxygen atoms in total. The van der Waals surface area contributed by atoms with Gasteiger partial charge in [0.05, 0.1) is 0 Å². The molecule has 0 saturated heterocycles. The van der Waals surface area contributed by atoms with Crippen LogP contribution in [0, 0.1) is 0 Å². The molecule has 0 aliphatic heterocycles. The third-order valence-corrected chi connectivity index (χ3v) is 3.53. The van der Waals surface area contributed by atoms with Gasteiger partial charge in [0.1, 0.15) is 0 Å². The van der Waals surface area contributed by atoms with Gasteiger partial charge < -0.3 is 10.4 Å². The SMILES string of the molecule is OCCCNC1CCc2c(Cl)cc(Cl)cc21. The number of rotatable bonds is 4. The topological polar surface area (TPSA) is 32.3 Å². The zero-order chi connectivity index (χ0) is 11.5. The van der Waals surface area contributed by atoms with Gasteiger partial charge in [-0.3, -0.25) is 0 Å². The van der Waals surface area contributed by atoms with Gasteiger partial charge in [-0.1, -0.05) is 23.2 Å². The summed E-state index contributed by atoms with van der Waals surface area (Å²) in [5.74, 6) is 0. The maximum atomic E-state index is 8.74. The van der Waals surface area contributed by atoms with Crippen molar-refractivity contribution in [3.05, 3.63) is 33.3 Å². The van der Waals surface area contributed by atoms with Crippen molar-refractivity contribution in [1.29, 1.82) is 0 Å². The number of hydrogen-bond acceptors (Lipinski definition) is 2. The van der Waals surface area contributed by atoms with Crippen LogP contribution >= 0.6 is 23.2 Å². The van der Waals surface area contributed by atoms with Gasteiger partial charge in [0.2, 0.25) is 0 Å². The Balaban J connectivity index is 2.12. The second-order valence-corrected chi connectivity index (χ2v) is 4.92. The number of benzene rings is 1. The van der Waals surface area contributed by atoms with Gasteiger partial charge >= 0.3 is 0 Å². The van der Waals surface area contributed by atoms with Crippen molar-refractivity contribution < 1.29 is 5.11 Å². The monoisotopic (exact) mass is 259 g/mol. The van der Waals surface area contributed by atoms with Gasteiger partial charge in [0.15, 0.2) is 0 Å². The standard InChI is InChI=1S/C12H15Cl2NO/c13-8-6-10-9(11(14)7-8)2-3-12(10)15-4-1-5-16/h6-7,12,15-16H,1-5H2. The molecule has 88 valence electrons. The van der Waals surface area contributed by atoms with Crippen molar-refractivity contribution in [2.45, 2.75) is 25.3 Å². The molecule has 2 N–H and O–H groups in total. The minimum Gasteiger partial charge on any atom is -0.396 e. The van der Waals surface area contributed by atoms with Crippen LogP contribution in [0.25, 0.3) is 0 Å². The van der Waals surface area contributed by atoms with Crippen molar-refractivity contribution in [1.82, 2.24) is 5.32 Å². The summed E-state index contributed by atoms with van der Waals surface area (Å²) in [6.45, 7) is 1.05. The second kappa shape index (κ2) is 5.37. The molecule has 0 spiro atoms. The van der Waals surface area contributed by atoms with Crippen LogP contribution in [-0.4, -0.2) is 18.3 Å².